The Morgan fingerprint density at radius 2 is 1.71 bits per heavy atom. The van der Waals surface area contributed by atoms with Gasteiger partial charge in [-0.15, -0.1) is 0 Å². The van der Waals surface area contributed by atoms with Gasteiger partial charge in [-0.3, -0.25) is 4.18 Å². The Hall–Kier alpha value is -0.910. The van der Waals surface area contributed by atoms with E-state index in [0.29, 0.717) is 6.61 Å². The number of ether oxygens (including phenoxy) is 1. The van der Waals surface area contributed by atoms with Crippen molar-refractivity contribution in [3.8, 4) is 0 Å². The van der Waals surface area contributed by atoms with Crippen LogP contribution in [0.4, 0.5) is 0 Å². The standard InChI is InChI=1S/C12H18O4S/c1-10(11(2)16-17(3,13)14)15-9-12-7-5-4-6-8-12/h4-8,10-11H,9H2,1-3H3/t10?,11-/m0/s1. The molecule has 0 bridgehead atoms. The van der Waals surface area contributed by atoms with Gasteiger partial charge in [-0.05, 0) is 19.4 Å². The largest absolute Gasteiger partial charge is 0.371 e. The van der Waals surface area contributed by atoms with Gasteiger partial charge < -0.3 is 4.74 Å². The van der Waals surface area contributed by atoms with Crippen molar-refractivity contribution in [2.24, 2.45) is 0 Å². The molecule has 96 valence electrons. The summed E-state index contributed by atoms with van der Waals surface area (Å²) in [6.07, 6.45) is 0.256. The van der Waals surface area contributed by atoms with Crippen molar-refractivity contribution in [1.82, 2.24) is 0 Å². The van der Waals surface area contributed by atoms with E-state index < -0.39 is 16.2 Å². The molecule has 0 amide bonds. The summed E-state index contributed by atoms with van der Waals surface area (Å²) in [5, 5.41) is 0. The van der Waals surface area contributed by atoms with Gasteiger partial charge in [0.05, 0.1) is 19.0 Å². The molecule has 0 spiro atoms. The normalized spacial score (nSPS) is 15.5. The molecular formula is C12H18O4S. The third-order valence-electron chi connectivity index (χ3n) is 2.34. The maximum absolute atomic E-state index is 10.9. The van der Waals surface area contributed by atoms with Crippen LogP contribution in [0.15, 0.2) is 30.3 Å². The van der Waals surface area contributed by atoms with Crippen LogP contribution in [-0.4, -0.2) is 26.9 Å². The Balaban J connectivity index is 2.42. The molecule has 2 atom stereocenters. The fraction of sp³-hybridized carbons (Fsp3) is 0.500. The molecule has 0 aliphatic rings. The minimum absolute atomic E-state index is 0.287. The first-order valence-electron chi connectivity index (χ1n) is 5.42. The predicted octanol–water partition coefficient (Wildman–Crippen LogP) is 1.96. The van der Waals surface area contributed by atoms with Crippen LogP contribution in [0.3, 0.4) is 0 Å². The number of hydrogen-bond donors (Lipinski definition) is 0. The van der Waals surface area contributed by atoms with Crippen molar-refractivity contribution in [3.05, 3.63) is 35.9 Å². The first-order chi connectivity index (χ1) is 7.88. The third kappa shape index (κ3) is 5.81. The third-order valence-corrected chi connectivity index (χ3v) is 3.00. The highest BCUT2D eigenvalue weighted by Crippen LogP contribution is 2.09. The van der Waals surface area contributed by atoms with Crippen LogP contribution in [0.5, 0.6) is 0 Å². The van der Waals surface area contributed by atoms with Gasteiger partial charge in [0.2, 0.25) is 0 Å². The van der Waals surface area contributed by atoms with Crippen molar-refractivity contribution in [1.29, 1.82) is 0 Å². The average Bonchev–Trinajstić information content (AvgIpc) is 2.25. The molecule has 4 nitrogen and oxygen atoms in total. The van der Waals surface area contributed by atoms with E-state index in [2.05, 4.69) is 0 Å². The average molecular weight is 258 g/mol. The zero-order valence-corrected chi connectivity index (χ0v) is 11.1. The molecule has 17 heavy (non-hydrogen) atoms. The molecular weight excluding hydrogens is 240 g/mol. The second-order valence-electron chi connectivity index (χ2n) is 4.01. The molecule has 0 saturated heterocycles. The quantitative estimate of drug-likeness (QED) is 0.732. The number of hydrogen-bond acceptors (Lipinski definition) is 4. The predicted molar refractivity (Wildman–Crippen MR) is 66.1 cm³/mol. The zero-order chi connectivity index (χ0) is 12.9. The summed E-state index contributed by atoms with van der Waals surface area (Å²) in [6, 6.07) is 9.70. The molecule has 0 radical (unpaired) electrons. The van der Waals surface area contributed by atoms with Crippen LogP contribution in [0, 0.1) is 0 Å². The van der Waals surface area contributed by atoms with E-state index in [9.17, 15) is 8.42 Å². The van der Waals surface area contributed by atoms with Crippen LogP contribution in [0.1, 0.15) is 19.4 Å². The van der Waals surface area contributed by atoms with Gasteiger partial charge in [0.15, 0.2) is 0 Å². The zero-order valence-electron chi connectivity index (χ0n) is 10.3. The summed E-state index contributed by atoms with van der Waals surface area (Å²) in [7, 11) is -3.43. The fourth-order valence-corrected chi connectivity index (χ4v) is 2.00. The lowest BCUT2D eigenvalue weighted by Crippen LogP contribution is -2.28. The van der Waals surface area contributed by atoms with Crippen molar-refractivity contribution < 1.29 is 17.3 Å². The van der Waals surface area contributed by atoms with Crippen molar-refractivity contribution in [3.63, 3.8) is 0 Å². The molecule has 1 aromatic rings. The minimum Gasteiger partial charge on any atom is -0.371 e. The Morgan fingerprint density at radius 1 is 1.12 bits per heavy atom. The van der Waals surface area contributed by atoms with Gasteiger partial charge in [0, 0.05) is 0 Å². The van der Waals surface area contributed by atoms with Crippen LogP contribution in [-0.2, 0) is 25.6 Å². The smallest absolute Gasteiger partial charge is 0.264 e. The molecule has 0 aliphatic heterocycles. The SMILES string of the molecule is CC(OCc1ccccc1)[C@H](C)OS(C)(=O)=O. The summed E-state index contributed by atoms with van der Waals surface area (Å²) >= 11 is 0. The lowest BCUT2D eigenvalue weighted by atomic mass is 10.2. The molecule has 0 fully saturated rings. The van der Waals surface area contributed by atoms with Gasteiger partial charge in [-0.1, -0.05) is 30.3 Å². The van der Waals surface area contributed by atoms with Crippen molar-refractivity contribution in [2.45, 2.75) is 32.7 Å². The number of benzene rings is 1. The Kier molecular flexibility index (Phi) is 5.11. The lowest BCUT2D eigenvalue weighted by Gasteiger charge is -2.19. The Morgan fingerprint density at radius 3 is 2.24 bits per heavy atom. The van der Waals surface area contributed by atoms with Crippen LogP contribution >= 0.6 is 0 Å². The van der Waals surface area contributed by atoms with Gasteiger partial charge >= 0.3 is 0 Å². The second-order valence-corrected chi connectivity index (χ2v) is 5.61. The maximum atomic E-state index is 10.9. The van der Waals surface area contributed by atoms with E-state index in [1.165, 1.54) is 0 Å². The minimum atomic E-state index is -3.43. The summed E-state index contributed by atoms with van der Waals surface area (Å²) < 4.78 is 32.3. The van der Waals surface area contributed by atoms with Crippen molar-refractivity contribution >= 4 is 10.1 Å². The highest BCUT2D eigenvalue weighted by Gasteiger charge is 2.18. The molecule has 0 saturated carbocycles. The van der Waals surface area contributed by atoms with E-state index in [1.807, 2.05) is 30.3 Å². The van der Waals surface area contributed by atoms with Gasteiger partial charge in [-0.25, -0.2) is 0 Å². The van der Waals surface area contributed by atoms with E-state index in [-0.39, 0.29) is 6.10 Å². The highest BCUT2D eigenvalue weighted by atomic mass is 32.2. The van der Waals surface area contributed by atoms with E-state index in [4.69, 9.17) is 8.92 Å². The molecule has 0 aromatic heterocycles. The molecule has 1 rings (SSSR count). The van der Waals surface area contributed by atoms with Crippen LogP contribution < -0.4 is 0 Å². The van der Waals surface area contributed by atoms with Gasteiger partial charge in [0.1, 0.15) is 6.10 Å². The molecule has 0 heterocycles. The van der Waals surface area contributed by atoms with Crippen LogP contribution in [0.25, 0.3) is 0 Å². The Bertz CT molecular complexity index is 427. The van der Waals surface area contributed by atoms with Gasteiger partial charge in [0.25, 0.3) is 10.1 Å². The first kappa shape index (κ1) is 14.2. The van der Waals surface area contributed by atoms with Gasteiger partial charge in [-0.2, -0.15) is 8.42 Å². The monoisotopic (exact) mass is 258 g/mol. The highest BCUT2D eigenvalue weighted by molar-refractivity contribution is 7.86. The molecule has 5 heteroatoms. The summed E-state index contributed by atoms with van der Waals surface area (Å²) in [5.41, 5.74) is 1.05. The Labute approximate surface area is 103 Å². The van der Waals surface area contributed by atoms with E-state index in [0.717, 1.165) is 11.8 Å². The molecule has 1 aromatic carbocycles. The maximum Gasteiger partial charge on any atom is 0.264 e. The number of rotatable bonds is 6. The molecule has 0 N–H and O–H groups in total. The van der Waals surface area contributed by atoms with Crippen molar-refractivity contribution in [2.75, 3.05) is 6.26 Å². The summed E-state index contributed by atoms with van der Waals surface area (Å²) in [4.78, 5) is 0. The summed E-state index contributed by atoms with van der Waals surface area (Å²) in [6.45, 7) is 3.91. The summed E-state index contributed by atoms with van der Waals surface area (Å²) in [5.74, 6) is 0. The first-order valence-corrected chi connectivity index (χ1v) is 7.24. The second kappa shape index (κ2) is 6.14. The van der Waals surface area contributed by atoms with Crippen LogP contribution in [0.2, 0.25) is 0 Å². The van der Waals surface area contributed by atoms with E-state index in [1.54, 1.807) is 13.8 Å². The van der Waals surface area contributed by atoms with E-state index >= 15 is 0 Å². The fourth-order valence-electron chi connectivity index (χ4n) is 1.29. The molecule has 0 aliphatic carbocycles. The lowest BCUT2D eigenvalue weighted by molar-refractivity contribution is -0.0139. The topological polar surface area (TPSA) is 52.6 Å². The molecule has 1 unspecified atom stereocenters.